The van der Waals surface area contributed by atoms with Crippen molar-refractivity contribution < 1.29 is 14.6 Å². The molecule has 0 unspecified atom stereocenters. The number of aromatic hydroxyl groups is 1. The number of hydrogen-bond acceptors (Lipinski definition) is 3. The second-order valence-electron chi connectivity index (χ2n) is 5.79. The lowest BCUT2D eigenvalue weighted by molar-refractivity contribution is -0.130. The van der Waals surface area contributed by atoms with Crippen molar-refractivity contribution in [1.29, 1.82) is 0 Å². The van der Waals surface area contributed by atoms with Gasteiger partial charge in [0.05, 0.1) is 0 Å². The molecular weight excluding hydrogens is 276 g/mol. The Morgan fingerprint density at radius 1 is 1.14 bits per heavy atom. The van der Waals surface area contributed by atoms with E-state index in [1.807, 2.05) is 0 Å². The van der Waals surface area contributed by atoms with Gasteiger partial charge in [0.2, 0.25) is 0 Å². The maximum absolute atomic E-state index is 11.6. The fourth-order valence-corrected chi connectivity index (χ4v) is 2.35. The maximum atomic E-state index is 11.6. The number of esters is 1. The summed E-state index contributed by atoms with van der Waals surface area (Å²) in [5.41, 5.74) is 1.07. The van der Waals surface area contributed by atoms with Crippen LogP contribution in [0.3, 0.4) is 0 Å². The van der Waals surface area contributed by atoms with Crippen LogP contribution in [0.1, 0.15) is 64.4 Å². The summed E-state index contributed by atoms with van der Waals surface area (Å²) in [5, 5.41) is 10.0. The Morgan fingerprint density at radius 3 is 2.41 bits per heavy atom. The predicted molar refractivity (Wildman–Crippen MR) is 90.3 cm³/mol. The van der Waals surface area contributed by atoms with Gasteiger partial charge < -0.3 is 9.84 Å². The fraction of sp³-hybridized carbons (Fsp3) is 0.526. The molecular formula is C19H28O3. The first-order chi connectivity index (χ1) is 10.6. The highest BCUT2D eigenvalue weighted by molar-refractivity contribution is 5.89. The van der Waals surface area contributed by atoms with Crippen molar-refractivity contribution in [2.45, 2.75) is 65.2 Å². The topological polar surface area (TPSA) is 46.5 Å². The zero-order chi connectivity index (χ0) is 16.4. The predicted octanol–water partition coefficient (Wildman–Crippen LogP) is 5.17. The van der Waals surface area contributed by atoms with Gasteiger partial charge in [-0.2, -0.15) is 0 Å². The summed E-state index contributed by atoms with van der Waals surface area (Å²) in [5.74, 6) is 0.184. The lowest BCUT2D eigenvalue weighted by Crippen LogP contribution is -2.09. The summed E-state index contributed by atoms with van der Waals surface area (Å²) in [6.45, 7) is 7.40. The van der Waals surface area contributed by atoms with Gasteiger partial charge in [-0.05, 0) is 31.9 Å². The van der Waals surface area contributed by atoms with Gasteiger partial charge in [-0.25, -0.2) is 4.79 Å². The molecule has 1 aromatic rings. The molecule has 0 amide bonds. The molecule has 1 aromatic carbocycles. The summed E-state index contributed by atoms with van der Waals surface area (Å²) in [6, 6.07) is 5.04. The van der Waals surface area contributed by atoms with Crippen molar-refractivity contribution in [2.24, 2.45) is 0 Å². The van der Waals surface area contributed by atoms with E-state index in [1.165, 1.54) is 32.1 Å². The van der Waals surface area contributed by atoms with Crippen LogP contribution in [0, 0.1) is 0 Å². The molecule has 0 atom stereocenters. The first-order valence-electron chi connectivity index (χ1n) is 8.24. The minimum Gasteiger partial charge on any atom is -0.508 e. The molecule has 0 aliphatic carbocycles. The van der Waals surface area contributed by atoms with Gasteiger partial charge in [-0.1, -0.05) is 58.1 Å². The Balaban J connectivity index is 2.51. The van der Waals surface area contributed by atoms with Crippen molar-refractivity contribution in [3.63, 3.8) is 0 Å². The molecule has 22 heavy (non-hydrogen) atoms. The Hall–Kier alpha value is -1.77. The number of ether oxygens (including phenoxy) is 1. The fourth-order valence-electron chi connectivity index (χ4n) is 2.35. The van der Waals surface area contributed by atoms with Crippen molar-refractivity contribution in [3.05, 3.63) is 35.9 Å². The molecule has 0 bridgehead atoms. The monoisotopic (exact) mass is 304 g/mol. The number of carbonyl (C=O) groups is 1. The van der Waals surface area contributed by atoms with Crippen LogP contribution in [0.2, 0.25) is 0 Å². The third-order valence-corrected chi connectivity index (χ3v) is 3.69. The van der Waals surface area contributed by atoms with Crippen LogP contribution in [0.4, 0.5) is 0 Å². The number of rotatable bonds is 10. The van der Waals surface area contributed by atoms with E-state index in [1.54, 1.807) is 25.1 Å². The van der Waals surface area contributed by atoms with Crippen LogP contribution in [0.15, 0.2) is 30.4 Å². The number of phenols is 1. The lowest BCUT2D eigenvalue weighted by atomic mass is 10.0. The van der Waals surface area contributed by atoms with Crippen LogP contribution in [0.5, 0.6) is 11.5 Å². The van der Waals surface area contributed by atoms with E-state index in [0.717, 1.165) is 19.3 Å². The average Bonchev–Trinajstić information content (AvgIpc) is 2.48. The molecule has 3 nitrogen and oxygen atoms in total. The van der Waals surface area contributed by atoms with E-state index in [2.05, 4.69) is 13.5 Å². The maximum Gasteiger partial charge on any atom is 0.338 e. The highest BCUT2D eigenvalue weighted by Crippen LogP contribution is 2.30. The second kappa shape index (κ2) is 10.0. The van der Waals surface area contributed by atoms with Crippen LogP contribution >= 0.6 is 0 Å². The van der Waals surface area contributed by atoms with Crippen molar-refractivity contribution >= 4 is 5.97 Å². The third-order valence-electron chi connectivity index (χ3n) is 3.69. The Labute approximate surface area is 134 Å². The molecule has 1 rings (SSSR count). The summed E-state index contributed by atoms with van der Waals surface area (Å²) in [6.07, 6.45) is 9.19. The second-order valence-corrected chi connectivity index (χ2v) is 5.79. The Kier molecular flexibility index (Phi) is 8.34. The minimum atomic E-state index is -0.452. The smallest absolute Gasteiger partial charge is 0.338 e. The van der Waals surface area contributed by atoms with E-state index in [9.17, 15) is 9.90 Å². The van der Waals surface area contributed by atoms with Crippen LogP contribution in [-0.4, -0.2) is 11.1 Å². The molecule has 0 heterocycles. The average molecular weight is 304 g/mol. The normalized spacial score (nSPS) is 10.5. The number of hydrogen-bond donors (Lipinski definition) is 1. The molecule has 0 aromatic heterocycles. The summed E-state index contributed by atoms with van der Waals surface area (Å²) in [7, 11) is 0. The molecule has 0 aliphatic rings. The zero-order valence-corrected chi connectivity index (χ0v) is 13.9. The summed E-state index contributed by atoms with van der Waals surface area (Å²) >= 11 is 0. The van der Waals surface area contributed by atoms with Crippen molar-refractivity contribution in [1.82, 2.24) is 0 Å². The van der Waals surface area contributed by atoms with Gasteiger partial charge in [-0.3, -0.25) is 0 Å². The minimum absolute atomic E-state index is 0.193. The Morgan fingerprint density at radius 2 is 1.77 bits per heavy atom. The highest BCUT2D eigenvalue weighted by atomic mass is 16.5. The SMILES string of the molecule is C=C(C)C(=O)Oc1cccc(O)c1CCCCCCCCC. The molecule has 0 fully saturated rings. The third kappa shape index (κ3) is 6.33. The lowest BCUT2D eigenvalue weighted by Gasteiger charge is -2.11. The van der Waals surface area contributed by atoms with Crippen LogP contribution < -0.4 is 4.74 Å². The first kappa shape index (κ1) is 18.3. The highest BCUT2D eigenvalue weighted by Gasteiger charge is 2.13. The number of benzene rings is 1. The van der Waals surface area contributed by atoms with Gasteiger partial charge in [0.15, 0.2) is 0 Å². The largest absolute Gasteiger partial charge is 0.508 e. The standard InChI is InChI=1S/C19H28O3/c1-4-5-6-7-8-9-10-12-16-17(20)13-11-14-18(16)22-19(21)15(2)3/h11,13-14,20H,2,4-10,12H2,1,3H3. The number of unbranched alkanes of at least 4 members (excludes halogenated alkanes) is 6. The molecule has 0 aliphatic heterocycles. The number of phenolic OH excluding ortho intramolecular Hbond substituents is 1. The first-order valence-corrected chi connectivity index (χ1v) is 8.24. The van der Waals surface area contributed by atoms with Crippen LogP contribution in [0.25, 0.3) is 0 Å². The quantitative estimate of drug-likeness (QED) is 0.281. The molecule has 0 saturated heterocycles. The molecule has 0 spiro atoms. The van der Waals surface area contributed by atoms with E-state index < -0.39 is 5.97 Å². The van der Waals surface area contributed by atoms with E-state index in [-0.39, 0.29) is 5.75 Å². The van der Waals surface area contributed by atoms with Gasteiger partial charge in [0.25, 0.3) is 0 Å². The molecule has 122 valence electrons. The van der Waals surface area contributed by atoms with Gasteiger partial charge in [0, 0.05) is 11.1 Å². The molecule has 0 saturated carbocycles. The molecule has 3 heteroatoms. The van der Waals surface area contributed by atoms with E-state index in [4.69, 9.17) is 4.74 Å². The van der Waals surface area contributed by atoms with Gasteiger partial charge >= 0.3 is 5.97 Å². The van der Waals surface area contributed by atoms with Gasteiger partial charge in [-0.15, -0.1) is 0 Å². The molecule has 0 radical (unpaired) electrons. The van der Waals surface area contributed by atoms with E-state index in [0.29, 0.717) is 16.9 Å². The van der Waals surface area contributed by atoms with Gasteiger partial charge in [0.1, 0.15) is 11.5 Å². The van der Waals surface area contributed by atoms with Crippen molar-refractivity contribution in [3.8, 4) is 11.5 Å². The summed E-state index contributed by atoms with van der Waals surface area (Å²) in [4.78, 5) is 11.6. The zero-order valence-electron chi connectivity index (χ0n) is 13.9. The summed E-state index contributed by atoms with van der Waals surface area (Å²) < 4.78 is 5.30. The van der Waals surface area contributed by atoms with Crippen LogP contribution in [-0.2, 0) is 11.2 Å². The molecule has 1 N–H and O–H groups in total. The van der Waals surface area contributed by atoms with E-state index >= 15 is 0 Å². The van der Waals surface area contributed by atoms with Crippen molar-refractivity contribution in [2.75, 3.05) is 0 Å². The Bertz CT molecular complexity index is 491. The number of carbonyl (C=O) groups excluding carboxylic acids is 1.